The molecule has 1 N–H and O–H groups in total. The molecule has 0 aromatic carbocycles. The zero-order valence-electron chi connectivity index (χ0n) is 8.60. The zero-order chi connectivity index (χ0) is 9.36. The number of nitrogens with one attached hydrogen (secondary N) is 1. The summed E-state index contributed by atoms with van der Waals surface area (Å²) in [7, 11) is 0. The summed E-state index contributed by atoms with van der Waals surface area (Å²) in [5.41, 5.74) is 0. The van der Waals surface area contributed by atoms with E-state index in [2.05, 4.69) is 16.8 Å². The number of rotatable bonds is 6. The van der Waals surface area contributed by atoms with E-state index in [-0.39, 0.29) is 0 Å². The van der Waals surface area contributed by atoms with Crippen LogP contribution in [-0.2, 0) is 0 Å². The molecule has 0 saturated carbocycles. The van der Waals surface area contributed by atoms with E-state index in [1.807, 2.05) is 6.08 Å². The molecule has 0 aliphatic carbocycles. The van der Waals surface area contributed by atoms with Crippen LogP contribution in [0.2, 0.25) is 0 Å². The van der Waals surface area contributed by atoms with Gasteiger partial charge >= 0.3 is 0 Å². The molecule has 13 heavy (non-hydrogen) atoms. The lowest BCUT2D eigenvalue weighted by molar-refractivity contribution is 0.226. The fourth-order valence-corrected chi connectivity index (χ4v) is 1.81. The summed E-state index contributed by atoms with van der Waals surface area (Å²) in [6.07, 6.45) is 7.43. The first-order chi connectivity index (χ1) is 6.43. The van der Waals surface area contributed by atoms with Gasteiger partial charge in [0, 0.05) is 6.54 Å². The van der Waals surface area contributed by atoms with E-state index in [1.54, 1.807) is 0 Å². The van der Waals surface area contributed by atoms with Crippen LogP contribution in [0.5, 0.6) is 0 Å². The first-order valence-corrected chi connectivity index (χ1v) is 5.47. The second-order valence-corrected chi connectivity index (χ2v) is 3.75. The van der Waals surface area contributed by atoms with Crippen LogP contribution in [0.4, 0.5) is 0 Å². The summed E-state index contributed by atoms with van der Waals surface area (Å²) < 4.78 is 0. The highest BCUT2D eigenvalue weighted by Crippen LogP contribution is 2.08. The lowest BCUT2D eigenvalue weighted by atomic mass is 10.1. The van der Waals surface area contributed by atoms with Gasteiger partial charge in [0.25, 0.3) is 0 Å². The largest absolute Gasteiger partial charge is 0.313 e. The standard InChI is InChI=1S/C11H22N2/c1-2-7-12-8-6-11-13-9-4-3-5-10-13/h2,12H,1,3-11H2. The van der Waals surface area contributed by atoms with Crippen LogP contribution in [0.25, 0.3) is 0 Å². The Morgan fingerprint density at radius 2 is 2.00 bits per heavy atom. The Kier molecular flexibility index (Phi) is 5.87. The van der Waals surface area contributed by atoms with Crippen molar-refractivity contribution in [2.45, 2.75) is 25.7 Å². The molecular formula is C11H22N2. The van der Waals surface area contributed by atoms with Crippen molar-refractivity contribution in [3.05, 3.63) is 12.7 Å². The molecule has 1 heterocycles. The number of hydrogen-bond donors (Lipinski definition) is 1. The molecule has 0 aromatic rings. The quantitative estimate of drug-likeness (QED) is 0.496. The maximum Gasteiger partial charge on any atom is 0.0132 e. The highest BCUT2D eigenvalue weighted by Gasteiger charge is 2.08. The van der Waals surface area contributed by atoms with Crippen molar-refractivity contribution in [1.82, 2.24) is 10.2 Å². The first kappa shape index (κ1) is 10.7. The van der Waals surface area contributed by atoms with Gasteiger partial charge in [-0.3, -0.25) is 0 Å². The first-order valence-electron chi connectivity index (χ1n) is 5.47. The summed E-state index contributed by atoms with van der Waals surface area (Å²) in [4.78, 5) is 2.58. The van der Waals surface area contributed by atoms with Gasteiger partial charge in [-0.1, -0.05) is 12.5 Å². The van der Waals surface area contributed by atoms with Gasteiger partial charge in [-0.25, -0.2) is 0 Å². The molecule has 0 bridgehead atoms. The predicted molar refractivity (Wildman–Crippen MR) is 58.0 cm³/mol. The van der Waals surface area contributed by atoms with Crippen molar-refractivity contribution < 1.29 is 0 Å². The van der Waals surface area contributed by atoms with E-state index in [0.717, 1.165) is 13.1 Å². The third-order valence-electron chi connectivity index (χ3n) is 2.57. The Labute approximate surface area is 82.0 Å². The molecule has 0 amide bonds. The Balaban J connectivity index is 1.89. The van der Waals surface area contributed by atoms with E-state index in [9.17, 15) is 0 Å². The average molecular weight is 182 g/mol. The van der Waals surface area contributed by atoms with Crippen LogP contribution in [-0.4, -0.2) is 37.6 Å². The van der Waals surface area contributed by atoms with Crippen LogP contribution in [0.3, 0.4) is 0 Å². The lowest BCUT2D eigenvalue weighted by Gasteiger charge is -2.26. The van der Waals surface area contributed by atoms with Gasteiger partial charge in [-0.2, -0.15) is 0 Å². The molecule has 0 radical (unpaired) electrons. The Morgan fingerprint density at radius 3 is 2.69 bits per heavy atom. The van der Waals surface area contributed by atoms with E-state index < -0.39 is 0 Å². The second-order valence-electron chi connectivity index (χ2n) is 3.75. The fraction of sp³-hybridized carbons (Fsp3) is 0.818. The van der Waals surface area contributed by atoms with Gasteiger partial charge in [0.05, 0.1) is 0 Å². The van der Waals surface area contributed by atoms with Gasteiger partial charge in [-0.15, -0.1) is 6.58 Å². The average Bonchev–Trinajstić information content (AvgIpc) is 2.19. The molecular weight excluding hydrogens is 160 g/mol. The minimum Gasteiger partial charge on any atom is -0.313 e. The number of piperidine rings is 1. The van der Waals surface area contributed by atoms with Gasteiger partial charge in [-0.05, 0) is 45.4 Å². The molecule has 1 rings (SSSR count). The van der Waals surface area contributed by atoms with Crippen LogP contribution in [0.1, 0.15) is 25.7 Å². The minimum absolute atomic E-state index is 0.944. The summed E-state index contributed by atoms with van der Waals surface area (Å²) >= 11 is 0. The zero-order valence-corrected chi connectivity index (χ0v) is 8.60. The number of nitrogens with zero attached hydrogens (tertiary/aromatic N) is 1. The van der Waals surface area contributed by atoms with E-state index in [4.69, 9.17) is 0 Å². The molecule has 0 atom stereocenters. The number of likely N-dealkylation sites (tertiary alicyclic amines) is 1. The SMILES string of the molecule is C=CCNCCCN1CCCCC1. The monoisotopic (exact) mass is 182 g/mol. The van der Waals surface area contributed by atoms with E-state index in [0.29, 0.717) is 0 Å². The molecule has 2 heteroatoms. The van der Waals surface area contributed by atoms with Crippen molar-refractivity contribution in [2.24, 2.45) is 0 Å². The van der Waals surface area contributed by atoms with Crippen molar-refractivity contribution in [3.63, 3.8) is 0 Å². The van der Waals surface area contributed by atoms with Crippen molar-refractivity contribution in [1.29, 1.82) is 0 Å². The van der Waals surface area contributed by atoms with Crippen molar-refractivity contribution in [3.8, 4) is 0 Å². The predicted octanol–water partition coefficient (Wildman–Crippen LogP) is 1.64. The summed E-state index contributed by atoms with van der Waals surface area (Å²) in [5, 5.41) is 3.33. The van der Waals surface area contributed by atoms with Crippen LogP contribution >= 0.6 is 0 Å². The summed E-state index contributed by atoms with van der Waals surface area (Å²) in [6, 6.07) is 0. The third kappa shape index (κ3) is 5.06. The van der Waals surface area contributed by atoms with Gasteiger partial charge in [0.2, 0.25) is 0 Å². The molecule has 0 unspecified atom stereocenters. The van der Waals surface area contributed by atoms with Crippen LogP contribution < -0.4 is 5.32 Å². The number of hydrogen-bond acceptors (Lipinski definition) is 2. The Bertz CT molecular complexity index is 128. The van der Waals surface area contributed by atoms with Gasteiger partial charge in [0.15, 0.2) is 0 Å². The lowest BCUT2D eigenvalue weighted by Crippen LogP contribution is -2.32. The summed E-state index contributed by atoms with van der Waals surface area (Å²) in [6.45, 7) is 9.66. The normalized spacial score (nSPS) is 18.8. The van der Waals surface area contributed by atoms with Crippen molar-refractivity contribution >= 4 is 0 Å². The Morgan fingerprint density at radius 1 is 1.23 bits per heavy atom. The highest BCUT2D eigenvalue weighted by molar-refractivity contribution is 4.70. The van der Waals surface area contributed by atoms with Crippen molar-refractivity contribution in [2.75, 3.05) is 32.7 Å². The third-order valence-corrected chi connectivity index (χ3v) is 2.57. The highest BCUT2D eigenvalue weighted by atomic mass is 15.1. The van der Waals surface area contributed by atoms with E-state index in [1.165, 1.54) is 45.3 Å². The molecule has 0 aromatic heterocycles. The molecule has 0 spiro atoms. The Hall–Kier alpha value is -0.340. The molecule has 1 fully saturated rings. The summed E-state index contributed by atoms with van der Waals surface area (Å²) in [5.74, 6) is 0. The van der Waals surface area contributed by atoms with E-state index >= 15 is 0 Å². The minimum atomic E-state index is 0.944. The topological polar surface area (TPSA) is 15.3 Å². The van der Waals surface area contributed by atoms with Crippen LogP contribution in [0, 0.1) is 0 Å². The molecule has 2 nitrogen and oxygen atoms in total. The van der Waals surface area contributed by atoms with Crippen LogP contribution in [0.15, 0.2) is 12.7 Å². The van der Waals surface area contributed by atoms with Gasteiger partial charge < -0.3 is 10.2 Å². The fourth-order valence-electron chi connectivity index (χ4n) is 1.81. The second kappa shape index (κ2) is 7.10. The smallest absolute Gasteiger partial charge is 0.0132 e. The molecule has 1 saturated heterocycles. The van der Waals surface area contributed by atoms with Gasteiger partial charge in [0.1, 0.15) is 0 Å². The maximum absolute atomic E-state index is 3.68. The molecule has 1 aliphatic heterocycles. The molecule has 1 aliphatic rings. The maximum atomic E-state index is 3.68. The molecule has 76 valence electrons.